The molecule has 0 heterocycles. The Labute approximate surface area is 125 Å². The number of rotatable bonds is 4. The maximum absolute atomic E-state index is 13.3. The fraction of sp³-hybridized carbons (Fsp3) is 0.133. The highest BCUT2D eigenvalue weighted by Crippen LogP contribution is 2.28. The van der Waals surface area contributed by atoms with Crippen LogP contribution in [0.4, 0.5) is 10.1 Å². The predicted molar refractivity (Wildman–Crippen MR) is 79.1 cm³/mol. The molecule has 20 heavy (non-hydrogen) atoms. The number of ether oxygens (including phenoxy) is 1. The van der Waals surface area contributed by atoms with Crippen LogP contribution >= 0.6 is 15.9 Å². The first-order chi connectivity index (χ1) is 9.62. The third kappa shape index (κ3) is 3.49. The highest BCUT2D eigenvalue weighted by Gasteiger charge is 2.03. The van der Waals surface area contributed by atoms with E-state index in [0.29, 0.717) is 23.4 Å². The zero-order valence-corrected chi connectivity index (χ0v) is 12.4. The van der Waals surface area contributed by atoms with Crippen LogP contribution in [0.1, 0.15) is 11.1 Å². The first kappa shape index (κ1) is 14.4. The van der Waals surface area contributed by atoms with Gasteiger partial charge in [-0.1, -0.05) is 0 Å². The molecule has 0 radical (unpaired) electrons. The van der Waals surface area contributed by atoms with Gasteiger partial charge in [0.25, 0.3) is 0 Å². The fourth-order valence-electron chi connectivity index (χ4n) is 1.79. The van der Waals surface area contributed by atoms with E-state index in [1.165, 1.54) is 12.1 Å². The molecule has 0 amide bonds. The van der Waals surface area contributed by atoms with Crippen molar-refractivity contribution < 1.29 is 9.13 Å². The summed E-state index contributed by atoms with van der Waals surface area (Å²) in [6, 6.07) is 11.8. The van der Waals surface area contributed by atoms with Gasteiger partial charge in [-0.05, 0) is 51.8 Å². The molecule has 0 spiro atoms. The number of benzene rings is 2. The van der Waals surface area contributed by atoms with Gasteiger partial charge in [0.2, 0.25) is 0 Å². The maximum Gasteiger partial charge on any atom is 0.135 e. The van der Waals surface area contributed by atoms with Gasteiger partial charge in [-0.15, -0.1) is 0 Å². The van der Waals surface area contributed by atoms with Crippen LogP contribution in [0.5, 0.6) is 5.75 Å². The van der Waals surface area contributed by atoms with E-state index in [1.807, 2.05) is 24.3 Å². The second kappa shape index (κ2) is 6.40. The van der Waals surface area contributed by atoms with Gasteiger partial charge >= 0.3 is 0 Å². The van der Waals surface area contributed by atoms with E-state index in [0.717, 1.165) is 10.2 Å². The molecule has 0 bridgehead atoms. The average Bonchev–Trinajstić information content (AvgIpc) is 2.45. The molecule has 2 aromatic carbocycles. The van der Waals surface area contributed by atoms with Gasteiger partial charge in [0.05, 0.1) is 23.2 Å². The normalized spacial score (nSPS) is 9.90. The first-order valence-corrected chi connectivity index (χ1v) is 6.68. The molecule has 0 aliphatic rings. The van der Waals surface area contributed by atoms with Crippen molar-refractivity contribution in [2.24, 2.45) is 0 Å². The van der Waals surface area contributed by atoms with Gasteiger partial charge in [-0.25, -0.2) is 4.39 Å². The number of nitriles is 1. The summed E-state index contributed by atoms with van der Waals surface area (Å²) >= 11 is 3.38. The molecule has 3 nitrogen and oxygen atoms in total. The molecule has 0 aliphatic carbocycles. The number of anilines is 1. The second-order valence-electron chi connectivity index (χ2n) is 4.16. The van der Waals surface area contributed by atoms with Crippen molar-refractivity contribution >= 4 is 21.6 Å². The van der Waals surface area contributed by atoms with E-state index in [1.54, 1.807) is 13.2 Å². The van der Waals surface area contributed by atoms with Crippen molar-refractivity contribution in [3.8, 4) is 11.8 Å². The summed E-state index contributed by atoms with van der Waals surface area (Å²) < 4.78 is 19.4. The van der Waals surface area contributed by atoms with E-state index in [9.17, 15) is 4.39 Å². The van der Waals surface area contributed by atoms with Gasteiger partial charge < -0.3 is 10.1 Å². The van der Waals surface area contributed by atoms with Crippen molar-refractivity contribution in [2.45, 2.75) is 6.54 Å². The van der Waals surface area contributed by atoms with Gasteiger partial charge in [0.15, 0.2) is 0 Å². The maximum atomic E-state index is 13.3. The third-order valence-electron chi connectivity index (χ3n) is 2.73. The number of hydrogen-bond donors (Lipinski definition) is 1. The number of hydrogen-bond acceptors (Lipinski definition) is 3. The standard InChI is InChI=1S/C15H12BrFN2O/c1-20-15-7-13(2-3-14(15)16)19-9-11-4-10(8-18)5-12(17)6-11/h2-7,19H,9H2,1H3. The minimum absolute atomic E-state index is 0.315. The number of halogens is 2. The second-order valence-corrected chi connectivity index (χ2v) is 5.02. The van der Waals surface area contributed by atoms with Crippen molar-refractivity contribution in [1.29, 1.82) is 5.26 Å². The Morgan fingerprint density at radius 2 is 2.10 bits per heavy atom. The van der Waals surface area contributed by atoms with Crippen LogP contribution in [0.3, 0.4) is 0 Å². The summed E-state index contributed by atoms with van der Waals surface area (Å²) in [6.45, 7) is 0.428. The highest BCUT2D eigenvalue weighted by molar-refractivity contribution is 9.10. The molecule has 0 aromatic heterocycles. The Morgan fingerprint density at radius 3 is 2.80 bits per heavy atom. The Morgan fingerprint density at radius 1 is 1.30 bits per heavy atom. The fourth-order valence-corrected chi connectivity index (χ4v) is 2.20. The topological polar surface area (TPSA) is 45.0 Å². The summed E-state index contributed by atoms with van der Waals surface area (Å²) in [4.78, 5) is 0. The minimum Gasteiger partial charge on any atom is -0.495 e. The van der Waals surface area contributed by atoms with Crippen LogP contribution in [0.15, 0.2) is 40.9 Å². The Kier molecular flexibility index (Phi) is 4.59. The van der Waals surface area contributed by atoms with Gasteiger partial charge in [-0.3, -0.25) is 0 Å². The summed E-state index contributed by atoms with van der Waals surface area (Å²) in [5.41, 5.74) is 1.88. The molecule has 0 saturated carbocycles. The zero-order chi connectivity index (χ0) is 14.5. The summed E-state index contributed by atoms with van der Waals surface area (Å²) in [7, 11) is 1.59. The van der Waals surface area contributed by atoms with Crippen molar-refractivity contribution in [1.82, 2.24) is 0 Å². The summed E-state index contributed by atoms with van der Waals surface area (Å²) in [5, 5.41) is 12.0. The SMILES string of the molecule is COc1cc(NCc2cc(F)cc(C#N)c2)ccc1Br. The van der Waals surface area contributed by atoms with Crippen LogP contribution in [-0.2, 0) is 6.54 Å². The number of methoxy groups -OCH3 is 1. The molecule has 1 N–H and O–H groups in total. The van der Waals surface area contributed by atoms with Crippen molar-refractivity contribution in [3.63, 3.8) is 0 Å². The number of nitrogens with one attached hydrogen (secondary N) is 1. The molecule has 2 rings (SSSR count). The van der Waals surface area contributed by atoms with Crippen molar-refractivity contribution in [3.05, 3.63) is 57.8 Å². The van der Waals surface area contributed by atoms with Gasteiger partial charge in [-0.2, -0.15) is 5.26 Å². The van der Waals surface area contributed by atoms with Crippen LogP contribution in [0.2, 0.25) is 0 Å². The van der Waals surface area contributed by atoms with Crippen molar-refractivity contribution in [2.75, 3.05) is 12.4 Å². The molecule has 0 aliphatic heterocycles. The third-order valence-corrected chi connectivity index (χ3v) is 3.39. The van der Waals surface area contributed by atoms with Gasteiger partial charge in [0, 0.05) is 18.3 Å². The largest absolute Gasteiger partial charge is 0.495 e. The molecule has 0 saturated heterocycles. The van der Waals surface area contributed by atoms with Gasteiger partial charge in [0.1, 0.15) is 11.6 Å². The smallest absolute Gasteiger partial charge is 0.135 e. The molecule has 5 heteroatoms. The monoisotopic (exact) mass is 334 g/mol. The summed E-state index contributed by atoms with van der Waals surface area (Å²) in [6.07, 6.45) is 0. The molecule has 2 aromatic rings. The molecule has 0 fully saturated rings. The lowest BCUT2D eigenvalue weighted by molar-refractivity contribution is 0.412. The number of nitrogens with zero attached hydrogens (tertiary/aromatic N) is 1. The summed E-state index contributed by atoms with van der Waals surface area (Å²) in [5.74, 6) is 0.307. The Bertz CT molecular complexity index is 667. The average molecular weight is 335 g/mol. The van der Waals surface area contributed by atoms with Crippen LogP contribution < -0.4 is 10.1 Å². The van der Waals surface area contributed by atoms with E-state index in [-0.39, 0.29) is 0 Å². The molecule has 102 valence electrons. The van der Waals surface area contributed by atoms with Crippen LogP contribution in [0, 0.1) is 17.1 Å². The van der Waals surface area contributed by atoms with Crippen LogP contribution in [-0.4, -0.2) is 7.11 Å². The molecule has 0 atom stereocenters. The van der Waals surface area contributed by atoms with E-state index < -0.39 is 5.82 Å². The molecular weight excluding hydrogens is 323 g/mol. The van der Waals surface area contributed by atoms with E-state index in [4.69, 9.17) is 10.00 Å². The lowest BCUT2D eigenvalue weighted by Gasteiger charge is -2.10. The first-order valence-electron chi connectivity index (χ1n) is 5.89. The quantitative estimate of drug-likeness (QED) is 0.916. The predicted octanol–water partition coefficient (Wildman–Crippen LogP) is 4.08. The zero-order valence-electron chi connectivity index (χ0n) is 10.8. The minimum atomic E-state index is -0.408. The highest BCUT2D eigenvalue weighted by atomic mass is 79.9. The van der Waals surface area contributed by atoms with Crippen LogP contribution in [0.25, 0.3) is 0 Å². The Hall–Kier alpha value is -2.06. The lowest BCUT2D eigenvalue weighted by Crippen LogP contribution is -2.01. The molecule has 0 unspecified atom stereocenters. The lowest BCUT2D eigenvalue weighted by atomic mass is 10.1. The Balaban J connectivity index is 2.13. The molecular formula is C15H12BrFN2O. The van der Waals surface area contributed by atoms with E-state index >= 15 is 0 Å². The van der Waals surface area contributed by atoms with E-state index in [2.05, 4.69) is 21.2 Å².